The molecular weight excluding hydrogens is 833 g/mol. The SMILES string of the molecule is COc1ccc(C2=NC3(N=C2c2ccc(OC)c(OC)c2)c2cc4ccc2CCc2ccc(cc2-c2nc(-c5ccc(OC)c(OC)c5)c(-c5ccc(OC)c(OC)c5)n23)CC4)cc1OC. The first kappa shape index (κ1) is 42.2. The van der Waals surface area contributed by atoms with Crippen molar-refractivity contribution in [1.29, 1.82) is 0 Å². The summed E-state index contributed by atoms with van der Waals surface area (Å²) in [6, 6.07) is 37.2. The minimum absolute atomic E-state index is 0.555. The average molecular weight is 883 g/mol. The van der Waals surface area contributed by atoms with Gasteiger partial charge in [0.2, 0.25) is 0 Å². The van der Waals surface area contributed by atoms with E-state index in [9.17, 15) is 0 Å². The molecule has 0 radical (unpaired) electrons. The molecule has 12 nitrogen and oxygen atoms in total. The van der Waals surface area contributed by atoms with Crippen LogP contribution in [0.1, 0.15) is 38.9 Å². The predicted octanol–water partition coefficient (Wildman–Crippen LogP) is 9.80. The van der Waals surface area contributed by atoms with E-state index < -0.39 is 5.79 Å². The molecule has 0 saturated heterocycles. The maximum Gasteiger partial charge on any atom is 0.261 e. The van der Waals surface area contributed by atoms with Crippen LogP contribution in [0.25, 0.3) is 33.9 Å². The van der Waals surface area contributed by atoms with Gasteiger partial charge in [-0.15, -0.1) is 0 Å². The van der Waals surface area contributed by atoms with Gasteiger partial charge < -0.3 is 37.9 Å². The second kappa shape index (κ2) is 17.0. The minimum Gasteiger partial charge on any atom is -0.493 e. The zero-order chi connectivity index (χ0) is 45.7. The molecule has 0 amide bonds. The van der Waals surface area contributed by atoms with E-state index in [1.807, 2.05) is 72.8 Å². The van der Waals surface area contributed by atoms with Crippen molar-refractivity contribution in [2.24, 2.45) is 9.98 Å². The van der Waals surface area contributed by atoms with Gasteiger partial charge >= 0.3 is 0 Å². The third-order valence-electron chi connectivity index (χ3n) is 12.9. The number of aliphatic imine (C=N–C) groups is 2. The molecule has 3 aliphatic heterocycles. The van der Waals surface area contributed by atoms with E-state index >= 15 is 0 Å². The molecule has 10 rings (SSSR count). The van der Waals surface area contributed by atoms with Crippen LogP contribution in [0, 0.1) is 0 Å². The fourth-order valence-corrected chi connectivity index (χ4v) is 9.56. The number of ether oxygens (including phenoxy) is 8. The number of hydrogen-bond acceptors (Lipinski definition) is 11. The number of rotatable bonds is 12. The van der Waals surface area contributed by atoms with Gasteiger partial charge in [-0.3, -0.25) is 4.57 Å². The van der Waals surface area contributed by atoms with E-state index in [0.29, 0.717) is 68.9 Å². The quantitative estimate of drug-likeness (QED) is 0.118. The fourth-order valence-electron chi connectivity index (χ4n) is 9.56. The topological polar surface area (TPSA) is 116 Å². The highest BCUT2D eigenvalue weighted by atomic mass is 16.5. The van der Waals surface area contributed by atoms with E-state index in [2.05, 4.69) is 41.0 Å². The van der Waals surface area contributed by atoms with Crippen molar-refractivity contribution in [1.82, 2.24) is 9.55 Å². The smallest absolute Gasteiger partial charge is 0.261 e. The number of hydrogen-bond donors (Lipinski definition) is 0. The standard InChI is InChI=1S/C54H50N4O8/c1-59-41-21-17-35(27-45(41)63-5)49-50(36-18-22-42(60-2)46(28-36)64-6)57-54(56-49)40-26-32-10-9-31-11-13-33(15-16-34(40)14-12-32)39(25-31)53-55-51(37-19-23-43(61-3)47(29-37)65-7)52(58(53)54)38-20-24-44(62-4)48(30-38)66-8/h11-14,17-30H,9-10,15-16H2,1-8H3. The third-order valence-corrected chi connectivity index (χ3v) is 12.9. The molecule has 0 N–H and O–H groups in total. The molecule has 0 fully saturated rings. The molecule has 1 aromatic heterocycles. The van der Waals surface area contributed by atoms with Gasteiger partial charge in [0.15, 0.2) is 46.0 Å². The Morgan fingerprint density at radius 1 is 0.409 bits per heavy atom. The van der Waals surface area contributed by atoms with Crippen molar-refractivity contribution < 1.29 is 37.9 Å². The number of benzene rings is 6. The normalized spacial score (nSPS) is 14.1. The average Bonchev–Trinajstić information content (AvgIpc) is 3.97. The van der Waals surface area contributed by atoms with E-state index in [4.69, 9.17) is 52.9 Å². The Morgan fingerprint density at radius 2 is 0.833 bits per heavy atom. The maximum absolute atomic E-state index is 6.02. The van der Waals surface area contributed by atoms with Crippen LogP contribution >= 0.6 is 0 Å². The molecule has 0 atom stereocenters. The zero-order valence-corrected chi connectivity index (χ0v) is 38.3. The van der Waals surface area contributed by atoms with Gasteiger partial charge in [0.25, 0.3) is 5.79 Å². The van der Waals surface area contributed by atoms with Gasteiger partial charge in [0.1, 0.15) is 5.82 Å². The van der Waals surface area contributed by atoms with Crippen molar-refractivity contribution in [2.45, 2.75) is 31.5 Å². The van der Waals surface area contributed by atoms with Crippen LogP contribution in [-0.4, -0.2) is 77.9 Å². The summed E-state index contributed by atoms with van der Waals surface area (Å²) in [5, 5.41) is 0. The van der Waals surface area contributed by atoms with Crippen LogP contribution in [0.2, 0.25) is 0 Å². The first-order chi connectivity index (χ1) is 32.3. The molecule has 0 saturated carbocycles. The molecule has 4 heterocycles. The Labute approximate surface area is 384 Å². The largest absolute Gasteiger partial charge is 0.493 e. The maximum atomic E-state index is 6.02. The lowest BCUT2D eigenvalue weighted by atomic mass is 9.90. The van der Waals surface area contributed by atoms with Gasteiger partial charge in [-0.05, 0) is 133 Å². The Morgan fingerprint density at radius 3 is 1.35 bits per heavy atom. The summed E-state index contributed by atoms with van der Waals surface area (Å²) in [6.45, 7) is 0. The van der Waals surface area contributed by atoms with Crippen LogP contribution in [0.4, 0.5) is 0 Å². The highest BCUT2D eigenvalue weighted by molar-refractivity contribution is 6.54. The van der Waals surface area contributed by atoms with E-state index in [0.717, 1.165) is 70.3 Å². The predicted molar refractivity (Wildman–Crippen MR) is 255 cm³/mol. The van der Waals surface area contributed by atoms with Crippen LogP contribution in [0.3, 0.4) is 0 Å². The van der Waals surface area contributed by atoms with Gasteiger partial charge in [-0.25, -0.2) is 15.0 Å². The van der Waals surface area contributed by atoms with Crippen molar-refractivity contribution in [2.75, 3.05) is 56.9 Å². The van der Waals surface area contributed by atoms with Crippen LogP contribution in [0.5, 0.6) is 46.0 Å². The van der Waals surface area contributed by atoms with E-state index in [1.165, 1.54) is 16.7 Å². The van der Waals surface area contributed by atoms with Crippen LogP contribution < -0.4 is 37.9 Å². The number of imidazole rings is 1. The summed E-state index contributed by atoms with van der Waals surface area (Å²) >= 11 is 0. The van der Waals surface area contributed by atoms with Crippen molar-refractivity contribution >= 4 is 11.4 Å². The molecule has 12 heteroatoms. The Balaban J connectivity index is 1.43. The lowest BCUT2D eigenvalue weighted by molar-refractivity contribution is 0.355. The molecule has 7 aromatic rings. The van der Waals surface area contributed by atoms with Crippen molar-refractivity contribution in [3.05, 3.63) is 148 Å². The molecular formula is C54H50N4O8. The summed E-state index contributed by atoms with van der Waals surface area (Å²) in [7, 11) is 13.1. The van der Waals surface area contributed by atoms with Gasteiger partial charge in [-0.2, -0.15) is 0 Å². The summed E-state index contributed by atoms with van der Waals surface area (Å²) in [6.07, 6.45) is 3.17. The lowest BCUT2D eigenvalue weighted by Gasteiger charge is -2.31. The molecule has 334 valence electrons. The molecule has 6 aromatic carbocycles. The lowest BCUT2D eigenvalue weighted by Crippen LogP contribution is -2.32. The summed E-state index contributed by atoms with van der Waals surface area (Å²) in [5.74, 6) is 3.82. The summed E-state index contributed by atoms with van der Waals surface area (Å²) in [4.78, 5) is 17.8. The number of aryl methyl sites for hydroxylation is 4. The molecule has 4 bridgehead atoms. The third kappa shape index (κ3) is 6.86. The first-order valence-corrected chi connectivity index (χ1v) is 21.8. The van der Waals surface area contributed by atoms with Gasteiger partial charge in [0, 0.05) is 33.4 Å². The molecule has 0 unspecified atom stereocenters. The fraction of sp³-hybridized carbons (Fsp3) is 0.241. The highest BCUT2D eigenvalue weighted by Gasteiger charge is 2.47. The van der Waals surface area contributed by atoms with Gasteiger partial charge in [0.05, 0.1) is 79.7 Å². The summed E-state index contributed by atoms with van der Waals surface area (Å²) in [5.41, 5.74) is 12.5. The number of nitrogens with zero attached hydrogens (tertiary/aromatic N) is 4. The second-order valence-electron chi connectivity index (χ2n) is 16.3. The zero-order valence-electron chi connectivity index (χ0n) is 38.3. The van der Waals surface area contributed by atoms with Crippen molar-refractivity contribution in [3.63, 3.8) is 0 Å². The van der Waals surface area contributed by atoms with Crippen molar-refractivity contribution in [3.8, 4) is 79.9 Å². The van der Waals surface area contributed by atoms with E-state index in [1.54, 1.807) is 56.9 Å². The van der Waals surface area contributed by atoms with Crippen LogP contribution in [-0.2, 0) is 31.5 Å². The molecule has 66 heavy (non-hydrogen) atoms. The molecule has 1 spiro atoms. The Bertz CT molecular complexity index is 3040. The monoisotopic (exact) mass is 882 g/mol. The number of aromatic nitrogens is 2. The number of fused-ring (bicyclic) bond motifs is 2. The van der Waals surface area contributed by atoms with Gasteiger partial charge in [-0.1, -0.05) is 24.3 Å². The number of methoxy groups -OCH3 is 8. The van der Waals surface area contributed by atoms with E-state index in [-0.39, 0.29) is 0 Å². The molecule has 0 aliphatic carbocycles. The first-order valence-electron chi connectivity index (χ1n) is 21.8. The summed E-state index contributed by atoms with van der Waals surface area (Å²) < 4.78 is 49.0. The second-order valence-corrected chi connectivity index (χ2v) is 16.3. The Kier molecular flexibility index (Phi) is 10.9. The Hall–Kier alpha value is -7.73. The minimum atomic E-state index is -1.49. The highest BCUT2D eigenvalue weighted by Crippen LogP contribution is 2.51. The van der Waals surface area contributed by atoms with Crippen LogP contribution in [0.15, 0.2) is 119 Å². The molecule has 3 aliphatic rings.